The lowest BCUT2D eigenvalue weighted by atomic mass is 10.2. The molecule has 1 saturated heterocycles. The molecule has 0 aliphatic carbocycles. The van der Waals surface area contributed by atoms with E-state index in [1.165, 1.54) is 17.3 Å². The molecular formula is C23H30O4Si. The Morgan fingerprint density at radius 3 is 2.00 bits per heavy atom. The van der Waals surface area contributed by atoms with Gasteiger partial charge in [-0.05, 0) is 21.8 Å². The number of hydrogen-bond acceptors (Lipinski definition) is 4. The minimum Gasteiger partial charge on any atom is -0.436 e. The van der Waals surface area contributed by atoms with Gasteiger partial charge in [-0.15, -0.1) is 0 Å². The molecule has 0 N–H and O–H groups in total. The molecule has 150 valence electrons. The summed E-state index contributed by atoms with van der Waals surface area (Å²) in [6.45, 7) is 8.68. The van der Waals surface area contributed by atoms with Crippen LogP contribution in [0.25, 0.3) is 0 Å². The van der Waals surface area contributed by atoms with Crippen LogP contribution in [0.5, 0.6) is 0 Å². The van der Waals surface area contributed by atoms with Crippen molar-refractivity contribution >= 4 is 24.7 Å². The molecule has 1 aliphatic rings. The van der Waals surface area contributed by atoms with Gasteiger partial charge in [0, 0.05) is 13.3 Å². The molecule has 0 spiro atoms. The highest BCUT2D eigenvalue weighted by atomic mass is 28.4. The molecule has 1 aliphatic heterocycles. The molecule has 4 nitrogen and oxygen atoms in total. The Balaban J connectivity index is 1.90. The lowest BCUT2D eigenvalue weighted by Crippen LogP contribution is -2.67. The van der Waals surface area contributed by atoms with Crippen LogP contribution in [0, 0.1) is 0 Å². The Morgan fingerprint density at radius 2 is 1.54 bits per heavy atom. The van der Waals surface area contributed by atoms with Gasteiger partial charge in [-0.1, -0.05) is 81.4 Å². The maximum Gasteiger partial charge on any atom is 0.304 e. The van der Waals surface area contributed by atoms with Crippen molar-refractivity contribution in [1.82, 2.24) is 0 Å². The fraction of sp³-hybridized carbons (Fsp3) is 0.435. The summed E-state index contributed by atoms with van der Waals surface area (Å²) in [4.78, 5) is 11.2. The van der Waals surface area contributed by atoms with Crippen LogP contribution in [0.3, 0.4) is 0 Å². The molecule has 28 heavy (non-hydrogen) atoms. The van der Waals surface area contributed by atoms with Gasteiger partial charge in [0.2, 0.25) is 6.29 Å². The highest BCUT2D eigenvalue weighted by Crippen LogP contribution is 2.37. The molecule has 1 heterocycles. The third kappa shape index (κ3) is 4.37. The third-order valence-corrected chi connectivity index (χ3v) is 10.3. The minimum absolute atomic E-state index is 0.0639. The molecular weight excluding hydrogens is 368 g/mol. The minimum atomic E-state index is -2.56. The van der Waals surface area contributed by atoms with Crippen molar-refractivity contribution in [2.45, 2.75) is 58.0 Å². The number of carbonyl (C=O) groups excluding carboxylic acids is 1. The number of rotatable bonds is 6. The summed E-state index contributed by atoms with van der Waals surface area (Å²) in [6, 6.07) is 21.1. The van der Waals surface area contributed by atoms with Crippen LogP contribution in [0.15, 0.2) is 60.7 Å². The first kappa shape index (κ1) is 20.8. The summed E-state index contributed by atoms with van der Waals surface area (Å²) in [5.41, 5.74) is 0. The molecule has 3 rings (SSSR count). The Bertz CT molecular complexity index is 731. The number of esters is 1. The first-order valence-electron chi connectivity index (χ1n) is 9.90. The number of carbonyl (C=O) groups is 1. The van der Waals surface area contributed by atoms with Crippen molar-refractivity contribution in [1.29, 1.82) is 0 Å². The average molecular weight is 399 g/mol. The SMILES string of the molecule is CC(=O)O[C@@H]1CC[C@@H](CO[Si](c2ccccc2)(c2ccccc2)C(C)(C)C)O1. The van der Waals surface area contributed by atoms with Gasteiger partial charge in [0.15, 0.2) is 0 Å². The second-order valence-corrected chi connectivity index (χ2v) is 12.7. The standard InChI is InChI=1S/C23H30O4Si/c1-18(24)26-22-16-15-19(27-22)17-25-28(23(2,3)4,20-11-7-5-8-12-20)21-13-9-6-10-14-21/h5-14,19,22H,15-17H2,1-4H3/t19-,22-/m0/s1. The van der Waals surface area contributed by atoms with Crippen LogP contribution in [-0.2, 0) is 18.7 Å². The number of ether oxygens (including phenoxy) is 2. The second kappa shape index (κ2) is 8.60. The molecule has 0 saturated carbocycles. The van der Waals surface area contributed by atoms with Crippen molar-refractivity contribution in [3.63, 3.8) is 0 Å². The van der Waals surface area contributed by atoms with Crippen LogP contribution >= 0.6 is 0 Å². The van der Waals surface area contributed by atoms with Gasteiger partial charge >= 0.3 is 5.97 Å². The van der Waals surface area contributed by atoms with Gasteiger partial charge in [-0.3, -0.25) is 4.79 Å². The number of benzene rings is 2. The number of hydrogen-bond donors (Lipinski definition) is 0. The maximum absolute atomic E-state index is 11.2. The Labute approximate surface area is 169 Å². The molecule has 0 unspecified atom stereocenters. The van der Waals surface area contributed by atoms with Crippen molar-refractivity contribution < 1.29 is 18.7 Å². The smallest absolute Gasteiger partial charge is 0.304 e. The van der Waals surface area contributed by atoms with Crippen LogP contribution in [-0.4, -0.2) is 33.3 Å². The van der Waals surface area contributed by atoms with Gasteiger partial charge in [-0.25, -0.2) is 0 Å². The van der Waals surface area contributed by atoms with E-state index in [9.17, 15) is 4.79 Å². The normalized spacial score (nSPS) is 20.1. The molecule has 0 aromatic heterocycles. The van der Waals surface area contributed by atoms with E-state index in [1.807, 2.05) is 12.1 Å². The molecule has 1 fully saturated rings. The second-order valence-electron chi connectivity index (χ2n) is 8.35. The molecule has 2 aromatic rings. The van der Waals surface area contributed by atoms with Crippen molar-refractivity contribution in [3.05, 3.63) is 60.7 Å². The Morgan fingerprint density at radius 1 is 1.00 bits per heavy atom. The van der Waals surface area contributed by atoms with E-state index in [1.54, 1.807) is 0 Å². The van der Waals surface area contributed by atoms with Gasteiger partial charge < -0.3 is 13.9 Å². The van der Waals surface area contributed by atoms with Crippen LogP contribution in [0.1, 0.15) is 40.5 Å². The Kier molecular flexibility index (Phi) is 6.38. The van der Waals surface area contributed by atoms with Crippen molar-refractivity contribution in [2.24, 2.45) is 0 Å². The zero-order chi connectivity index (χ0) is 20.2. The van der Waals surface area contributed by atoms with Crippen LogP contribution in [0.4, 0.5) is 0 Å². The lowest BCUT2D eigenvalue weighted by Gasteiger charge is -2.43. The quantitative estimate of drug-likeness (QED) is 0.551. The highest BCUT2D eigenvalue weighted by molar-refractivity contribution is 6.99. The zero-order valence-electron chi connectivity index (χ0n) is 17.2. The van der Waals surface area contributed by atoms with Crippen molar-refractivity contribution in [2.75, 3.05) is 6.61 Å². The van der Waals surface area contributed by atoms with Crippen LogP contribution in [0.2, 0.25) is 5.04 Å². The first-order valence-corrected chi connectivity index (χ1v) is 11.8. The molecule has 5 heteroatoms. The van der Waals surface area contributed by atoms with Gasteiger partial charge in [-0.2, -0.15) is 0 Å². The topological polar surface area (TPSA) is 44.8 Å². The zero-order valence-corrected chi connectivity index (χ0v) is 18.2. The molecule has 0 amide bonds. The Hall–Kier alpha value is -1.95. The molecule has 0 radical (unpaired) electrons. The van der Waals surface area contributed by atoms with E-state index in [0.29, 0.717) is 13.0 Å². The van der Waals surface area contributed by atoms with Gasteiger partial charge in [0.05, 0.1) is 12.7 Å². The summed E-state index contributed by atoms with van der Waals surface area (Å²) in [5.74, 6) is -0.307. The molecule has 2 atom stereocenters. The van der Waals surface area contributed by atoms with E-state index >= 15 is 0 Å². The summed E-state index contributed by atoms with van der Waals surface area (Å²) in [5, 5.41) is 2.44. The predicted octanol–water partition coefficient (Wildman–Crippen LogP) is 3.63. The van der Waals surface area contributed by atoms with Crippen LogP contribution < -0.4 is 10.4 Å². The predicted molar refractivity (Wildman–Crippen MR) is 113 cm³/mol. The first-order chi connectivity index (χ1) is 13.3. The summed E-state index contributed by atoms with van der Waals surface area (Å²) < 4.78 is 18.0. The summed E-state index contributed by atoms with van der Waals surface area (Å²) >= 11 is 0. The fourth-order valence-corrected chi connectivity index (χ4v) is 8.64. The summed E-state index contributed by atoms with van der Waals surface area (Å²) in [7, 11) is -2.56. The molecule has 0 bridgehead atoms. The van der Waals surface area contributed by atoms with Gasteiger partial charge in [0.25, 0.3) is 8.32 Å². The largest absolute Gasteiger partial charge is 0.436 e. The monoisotopic (exact) mass is 398 g/mol. The maximum atomic E-state index is 11.2. The molecule has 2 aromatic carbocycles. The lowest BCUT2D eigenvalue weighted by molar-refractivity contribution is -0.174. The average Bonchev–Trinajstić information content (AvgIpc) is 3.09. The highest BCUT2D eigenvalue weighted by Gasteiger charge is 2.50. The van der Waals surface area contributed by atoms with E-state index in [4.69, 9.17) is 13.9 Å². The van der Waals surface area contributed by atoms with E-state index < -0.39 is 14.6 Å². The van der Waals surface area contributed by atoms with Crippen molar-refractivity contribution in [3.8, 4) is 0 Å². The van der Waals surface area contributed by atoms with E-state index in [2.05, 4.69) is 69.3 Å². The van der Waals surface area contributed by atoms with Gasteiger partial charge in [0.1, 0.15) is 0 Å². The van der Waals surface area contributed by atoms with E-state index in [-0.39, 0.29) is 17.1 Å². The summed E-state index contributed by atoms with van der Waals surface area (Å²) in [6.07, 6.45) is 1.03. The van der Waals surface area contributed by atoms with E-state index in [0.717, 1.165) is 6.42 Å². The fourth-order valence-electron chi connectivity index (χ4n) is 4.05. The third-order valence-electron chi connectivity index (χ3n) is 5.27.